The summed E-state index contributed by atoms with van der Waals surface area (Å²) in [5.74, 6) is 1.96. The Bertz CT molecular complexity index is 1170. The van der Waals surface area contributed by atoms with Crippen molar-refractivity contribution >= 4 is 16.7 Å². The molecule has 146 valence electrons. The van der Waals surface area contributed by atoms with Gasteiger partial charge in [-0.15, -0.1) is 5.10 Å². The molecule has 29 heavy (non-hydrogen) atoms. The van der Waals surface area contributed by atoms with E-state index in [9.17, 15) is 4.79 Å². The monoisotopic (exact) mass is 388 g/mol. The molecule has 0 unspecified atom stereocenters. The van der Waals surface area contributed by atoms with Crippen molar-refractivity contribution in [2.45, 2.75) is 19.4 Å². The number of piperidine rings is 1. The van der Waals surface area contributed by atoms with Crippen molar-refractivity contribution in [3.63, 3.8) is 0 Å². The predicted molar refractivity (Wildman–Crippen MR) is 108 cm³/mol. The maximum absolute atomic E-state index is 12.3. The van der Waals surface area contributed by atoms with Crippen LogP contribution in [0, 0.1) is 5.92 Å². The van der Waals surface area contributed by atoms with Gasteiger partial charge in [-0.1, -0.05) is 12.1 Å². The molecule has 1 aromatic carbocycles. The Hall–Kier alpha value is -3.62. The standard InChI is InChI=1S/C20H20N8O/c29-19-6-5-18(28-14-21-12-24-28)25-27(19)11-15-7-9-26(10-8-15)20-16-3-1-2-4-17(16)22-13-23-20/h1-6,12-15H,7-11H2. The molecule has 3 aromatic heterocycles. The molecular formula is C20H20N8O. The summed E-state index contributed by atoms with van der Waals surface area (Å²) in [6.45, 7) is 2.38. The average Bonchev–Trinajstić information content (AvgIpc) is 3.30. The van der Waals surface area contributed by atoms with Crippen LogP contribution in [0.2, 0.25) is 0 Å². The van der Waals surface area contributed by atoms with E-state index in [1.54, 1.807) is 23.4 Å². The number of para-hydroxylation sites is 1. The molecule has 0 bridgehead atoms. The molecule has 5 rings (SSSR count). The molecule has 0 spiro atoms. The molecule has 1 fully saturated rings. The van der Waals surface area contributed by atoms with E-state index < -0.39 is 0 Å². The van der Waals surface area contributed by atoms with Gasteiger partial charge < -0.3 is 4.90 Å². The number of anilines is 1. The Morgan fingerprint density at radius 3 is 2.69 bits per heavy atom. The third kappa shape index (κ3) is 3.46. The smallest absolute Gasteiger partial charge is 0.266 e. The summed E-state index contributed by atoms with van der Waals surface area (Å²) < 4.78 is 3.09. The number of rotatable bonds is 4. The molecule has 9 nitrogen and oxygen atoms in total. The van der Waals surface area contributed by atoms with Gasteiger partial charge in [0.2, 0.25) is 0 Å². The lowest BCUT2D eigenvalue weighted by Crippen LogP contribution is -2.37. The highest BCUT2D eigenvalue weighted by Gasteiger charge is 2.22. The summed E-state index contributed by atoms with van der Waals surface area (Å²) in [6, 6.07) is 11.3. The molecule has 0 amide bonds. The maximum atomic E-state index is 12.3. The number of fused-ring (bicyclic) bond motifs is 1. The normalized spacial score (nSPS) is 15.1. The number of nitrogens with zero attached hydrogens (tertiary/aromatic N) is 8. The minimum Gasteiger partial charge on any atom is -0.356 e. The number of benzene rings is 1. The van der Waals surface area contributed by atoms with Crippen molar-refractivity contribution in [1.29, 1.82) is 0 Å². The first-order valence-corrected chi connectivity index (χ1v) is 9.66. The topological polar surface area (TPSA) is 94.6 Å². The van der Waals surface area contributed by atoms with Crippen molar-refractivity contribution in [1.82, 2.24) is 34.5 Å². The zero-order chi connectivity index (χ0) is 19.6. The van der Waals surface area contributed by atoms with Crippen LogP contribution in [0.1, 0.15) is 12.8 Å². The minimum absolute atomic E-state index is 0.0990. The lowest BCUT2D eigenvalue weighted by Gasteiger charge is -2.33. The van der Waals surface area contributed by atoms with Crippen LogP contribution in [0.25, 0.3) is 16.7 Å². The Morgan fingerprint density at radius 1 is 1.00 bits per heavy atom. The first-order chi connectivity index (χ1) is 14.3. The van der Waals surface area contributed by atoms with E-state index in [1.165, 1.54) is 17.1 Å². The van der Waals surface area contributed by atoms with Crippen molar-refractivity contribution in [3.05, 3.63) is 65.7 Å². The van der Waals surface area contributed by atoms with Gasteiger partial charge in [0.1, 0.15) is 24.8 Å². The molecule has 0 atom stereocenters. The highest BCUT2D eigenvalue weighted by Crippen LogP contribution is 2.27. The van der Waals surface area contributed by atoms with Crippen molar-refractivity contribution < 1.29 is 0 Å². The Kier molecular flexibility index (Phi) is 4.47. The van der Waals surface area contributed by atoms with Crippen LogP contribution < -0.4 is 10.5 Å². The molecule has 0 saturated carbocycles. The third-order valence-electron chi connectivity index (χ3n) is 5.37. The fourth-order valence-electron chi connectivity index (χ4n) is 3.83. The van der Waals surface area contributed by atoms with Crippen molar-refractivity contribution in [2.75, 3.05) is 18.0 Å². The minimum atomic E-state index is -0.0990. The van der Waals surface area contributed by atoms with Crippen LogP contribution >= 0.6 is 0 Å². The summed E-state index contributed by atoms with van der Waals surface area (Å²) in [7, 11) is 0. The van der Waals surface area contributed by atoms with E-state index in [4.69, 9.17) is 0 Å². The summed E-state index contributed by atoms with van der Waals surface area (Å²) in [6.07, 6.45) is 6.59. The number of aromatic nitrogens is 7. The van der Waals surface area contributed by atoms with Gasteiger partial charge in [0.15, 0.2) is 5.82 Å². The van der Waals surface area contributed by atoms with Crippen LogP contribution in [-0.4, -0.2) is 47.6 Å². The van der Waals surface area contributed by atoms with Gasteiger partial charge in [-0.05, 0) is 37.0 Å². The molecule has 0 aliphatic carbocycles. The summed E-state index contributed by atoms with van der Waals surface area (Å²) in [5, 5.41) is 9.61. The first-order valence-electron chi connectivity index (χ1n) is 9.66. The third-order valence-corrected chi connectivity index (χ3v) is 5.37. The van der Waals surface area contributed by atoms with E-state index in [-0.39, 0.29) is 5.56 Å². The quantitative estimate of drug-likeness (QED) is 0.525. The SMILES string of the molecule is O=c1ccc(-n2cncn2)nn1CC1CCN(c2ncnc3ccccc23)CC1. The molecule has 9 heteroatoms. The highest BCUT2D eigenvalue weighted by atomic mass is 16.1. The first kappa shape index (κ1) is 17.5. The Morgan fingerprint density at radius 2 is 1.86 bits per heavy atom. The van der Waals surface area contributed by atoms with E-state index >= 15 is 0 Å². The second-order valence-electron chi connectivity index (χ2n) is 7.20. The van der Waals surface area contributed by atoms with Gasteiger partial charge in [0.05, 0.1) is 5.52 Å². The van der Waals surface area contributed by atoms with Crippen LogP contribution in [-0.2, 0) is 6.54 Å². The number of hydrogen-bond donors (Lipinski definition) is 0. The summed E-state index contributed by atoms with van der Waals surface area (Å²) >= 11 is 0. The maximum Gasteiger partial charge on any atom is 0.266 e. The zero-order valence-corrected chi connectivity index (χ0v) is 15.8. The molecular weight excluding hydrogens is 368 g/mol. The predicted octanol–water partition coefficient (Wildman–Crippen LogP) is 1.68. The molecule has 1 aliphatic rings. The van der Waals surface area contributed by atoms with E-state index in [2.05, 4.69) is 36.1 Å². The largest absolute Gasteiger partial charge is 0.356 e. The fraction of sp³-hybridized carbons (Fsp3) is 0.300. The molecule has 4 aromatic rings. The number of hydrogen-bond acceptors (Lipinski definition) is 7. The van der Waals surface area contributed by atoms with E-state index in [1.807, 2.05) is 18.2 Å². The van der Waals surface area contributed by atoms with E-state index in [0.717, 1.165) is 42.7 Å². The highest BCUT2D eigenvalue weighted by molar-refractivity contribution is 5.89. The van der Waals surface area contributed by atoms with Gasteiger partial charge in [-0.2, -0.15) is 5.10 Å². The lowest BCUT2D eigenvalue weighted by atomic mass is 9.96. The average molecular weight is 388 g/mol. The van der Waals surface area contributed by atoms with Crippen LogP contribution in [0.15, 0.2) is 60.2 Å². The van der Waals surface area contributed by atoms with Gasteiger partial charge in [0, 0.05) is 31.1 Å². The Balaban J connectivity index is 1.30. The van der Waals surface area contributed by atoms with E-state index in [0.29, 0.717) is 18.3 Å². The van der Waals surface area contributed by atoms with Gasteiger partial charge in [-0.25, -0.2) is 24.3 Å². The van der Waals surface area contributed by atoms with Gasteiger partial charge >= 0.3 is 0 Å². The van der Waals surface area contributed by atoms with Crippen LogP contribution in [0.4, 0.5) is 5.82 Å². The summed E-state index contributed by atoms with van der Waals surface area (Å²) in [4.78, 5) is 27.4. The molecule has 0 N–H and O–H groups in total. The zero-order valence-electron chi connectivity index (χ0n) is 15.8. The van der Waals surface area contributed by atoms with Gasteiger partial charge in [0.25, 0.3) is 5.56 Å². The van der Waals surface area contributed by atoms with Gasteiger partial charge in [-0.3, -0.25) is 4.79 Å². The van der Waals surface area contributed by atoms with Crippen molar-refractivity contribution in [2.24, 2.45) is 5.92 Å². The molecule has 4 heterocycles. The second-order valence-corrected chi connectivity index (χ2v) is 7.20. The summed E-state index contributed by atoms with van der Waals surface area (Å²) in [5.41, 5.74) is 0.860. The van der Waals surface area contributed by atoms with Crippen molar-refractivity contribution in [3.8, 4) is 5.82 Å². The molecule has 1 aliphatic heterocycles. The van der Waals surface area contributed by atoms with Crippen LogP contribution in [0.3, 0.4) is 0 Å². The molecule has 0 radical (unpaired) electrons. The Labute approximate surface area is 166 Å². The van der Waals surface area contributed by atoms with Crippen LogP contribution in [0.5, 0.6) is 0 Å². The lowest BCUT2D eigenvalue weighted by molar-refractivity contribution is 0.334. The molecule has 1 saturated heterocycles. The fourth-order valence-corrected chi connectivity index (χ4v) is 3.83. The second kappa shape index (κ2) is 7.42.